The molecule has 0 bridgehead atoms. The van der Waals surface area contributed by atoms with Gasteiger partial charge in [0.2, 0.25) is 10.0 Å². The second-order valence-corrected chi connectivity index (χ2v) is 8.22. The molecule has 2 aromatic rings. The van der Waals surface area contributed by atoms with Crippen molar-refractivity contribution in [2.75, 3.05) is 6.54 Å². The minimum atomic E-state index is -3.97. The van der Waals surface area contributed by atoms with E-state index in [4.69, 9.17) is 17.3 Å². The second-order valence-electron chi connectivity index (χ2n) is 5.19. The lowest BCUT2D eigenvalue weighted by Gasteiger charge is -2.15. The molecular formula is C15H14BrClF2N2O2S. The molecule has 0 amide bonds. The average Bonchev–Trinajstić information content (AvgIpc) is 2.47. The highest BCUT2D eigenvalue weighted by atomic mass is 79.9. The summed E-state index contributed by atoms with van der Waals surface area (Å²) in [6, 6.07) is 5.23. The standard InChI is InChI=1S/C15H14BrClF2N2O2S/c1-8-2-12(16)13(19)6-15(8)24(22,23)21-7-14(20)9-3-10(17)5-11(18)4-9/h2-6,14,21H,7,20H2,1H3. The van der Waals surface area contributed by atoms with Crippen molar-refractivity contribution in [2.45, 2.75) is 17.9 Å². The fraction of sp³-hybridized carbons (Fsp3) is 0.200. The first-order valence-electron chi connectivity index (χ1n) is 6.77. The number of nitrogens with one attached hydrogen (secondary N) is 1. The molecular weight excluding hydrogens is 426 g/mol. The van der Waals surface area contributed by atoms with Crippen LogP contribution in [0.3, 0.4) is 0 Å². The molecule has 0 saturated heterocycles. The van der Waals surface area contributed by atoms with Gasteiger partial charge >= 0.3 is 0 Å². The molecule has 0 aliphatic heterocycles. The lowest BCUT2D eigenvalue weighted by atomic mass is 10.1. The molecule has 0 aromatic heterocycles. The fourth-order valence-corrected chi connectivity index (χ4v) is 4.09. The smallest absolute Gasteiger partial charge is 0.240 e. The highest BCUT2D eigenvalue weighted by Crippen LogP contribution is 2.24. The predicted molar refractivity (Wildman–Crippen MR) is 92.4 cm³/mol. The topological polar surface area (TPSA) is 72.2 Å². The molecule has 1 atom stereocenters. The van der Waals surface area contributed by atoms with Gasteiger partial charge in [-0.2, -0.15) is 0 Å². The summed E-state index contributed by atoms with van der Waals surface area (Å²) in [6.07, 6.45) is 0. The molecule has 0 fully saturated rings. The highest BCUT2D eigenvalue weighted by molar-refractivity contribution is 9.10. The summed E-state index contributed by atoms with van der Waals surface area (Å²) in [4.78, 5) is -0.187. The van der Waals surface area contributed by atoms with Crippen LogP contribution in [-0.2, 0) is 10.0 Å². The zero-order chi connectivity index (χ0) is 18.1. The quantitative estimate of drug-likeness (QED) is 0.747. The third-order valence-electron chi connectivity index (χ3n) is 3.31. The number of sulfonamides is 1. The van der Waals surface area contributed by atoms with Gasteiger partial charge in [-0.05, 0) is 64.3 Å². The molecule has 130 valence electrons. The Balaban J connectivity index is 2.20. The van der Waals surface area contributed by atoms with E-state index in [9.17, 15) is 17.2 Å². The van der Waals surface area contributed by atoms with Crippen LogP contribution < -0.4 is 10.5 Å². The summed E-state index contributed by atoms with van der Waals surface area (Å²) in [5, 5.41) is 0.161. The molecule has 9 heteroatoms. The predicted octanol–water partition coefficient (Wildman–Crippen LogP) is 3.67. The monoisotopic (exact) mass is 438 g/mol. The van der Waals surface area contributed by atoms with Crippen molar-refractivity contribution in [1.29, 1.82) is 0 Å². The van der Waals surface area contributed by atoms with Crippen LogP contribution in [-0.4, -0.2) is 15.0 Å². The van der Waals surface area contributed by atoms with E-state index in [1.807, 2.05) is 0 Å². The normalized spacial score (nSPS) is 13.1. The zero-order valence-corrected chi connectivity index (χ0v) is 15.6. The molecule has 0 radical (unpaired) electrons. The van der Waals surface area contributed by atoms with Gasteiger partial charge in [0, 0.05) is 17.6 Å². The molecule has 0 aliphatic rings. The van der Waals surface area contributed by atoms with Crippen molar-refractivity contribution in [3.63, 3.8) is 0 Å². The molecule has 0 aliphatic carbocycles. The van der Waals surface area contributed by atoms with Crippen molar-refractivity contribution in [3.8, 4) is 0 Å². The van der Waals surface area contributed by atoms with Gasteiger partial charge in [0.25, 0.3) is 0 Å². The number of hydrogen-bond donors (Lipinski definition) is 2. The van der Waals surface area contributed by atoms with Gasteiger partial charge in [0.15, 0.2) is 0 Å². The maximum absolute atomic E-state index is 13.6. The van der Waals surface area contributed by atoms with Crippen molar-refractivity contribution in [3.05, 3.63) is 62.6 Å². The van der Waals surface area contributed by atoms with Crippen molar-refractivity contribution in [1.82, 2.24) is 4.72 Å². The van der Waals surface area contributed by atoms with Crippen LogP contribution >= 0.6 is 27.5 Å². The van der Waals surface area contributed by atoms with Crippen LogP contribution in [0.4, 0.5) is 8.78 Å². The summed E-state index contributed by atoms with van der Waals surface area (Å²) in [5.74, 6) is -1.26. The lowest BCUT2D eigenvalue weighted by molar-refractivity contribution is 0.566. The Morgan fingerprint density at radius 2 is 1.92 bits per heavy atom. The third-order valence-corrected chi connectivity index (χ3v) is 5.71. The largest absolute Gasteiger partial charge is 0.323 e. The Morgan fingerprint density at radius 3 is 2.54 bits per heavy atom. The maximum atomic E-state index is 13.6. The van der Waals surface area contributed by atoms with Gasteiger partial charge in [-0.15, -0.1) is 0 Å². The first-order chi connectivity index (χ1) is 11.1. The van der Waals surface area contributed by atoms with Crippen LogP contribution in [0.25, 0.3) is 0 Å². The van der Waals surface area contributed by atoms with E-state index in [0.717, 1.165) is 12.1 Å². The van der Waals surface area contributed by atoms with Gasteiger partial charge in [-0.3, -0.25) is 0 Å². The highest BCUT2D eigenvalue weighted by Gasteiger charge is 2.20. The molecule has 0 saturated carbocycles. The number of rotatable bonds is 5. The molecule has 1 unspecified atom stereocenters. The Morgan fingerprint density at radius 1 is 1.25 bits per heavy atom. The third kappa shape index (κ3) is 4.52. The molecule has 2 rings (SSSR count). The van der Waals surface area contributed by atoms with E-state index in [1.165, 1.54) is 18.2 Å². The number of halogens is 4. The second kappa shape index (κ2) is 7.45. The van der Waals surface area contributed by atoms with Crippen LogP contribution in [0.15, 0.2) is 39.7 Å². The van der Waals surface area contributed by atoms with Crippen LogP contribution in [0.1, 0.15) is 17.2 Å². The zero-order valence-electron chi connectivity index (χ0n) is 12.5. The van der Waals surface area contributed by atoms with Gasteiger partial charge < -0.3 is 5.73 Å². The number of hydrogen-bond acceptors (Lipinski definition) is 3. The Labute approximate surface area is 152 Å². The summed E-state index contributed by atoms with van der Waals surface area (Å²) < 4.78 is 54.1. The molecule has 4 nitrogen and oxygen atoms in total. The average molecular weight is 440 g/mol. The van der Waals surface area contributed by atoms with Crippen LogP contribution in [0.5, 0.6) is 0 Å². The lowest BCUT2D eigenvalue weighted by Crippen LogP contribution is -2.32. The summed E-state index contributed by atoms with van der Waals surface area (Å²) in [5.41, 5.74) is 6.60. The van der Waals surface area contributed by atoms with Crippen molar-refractivity contribution in [2.24, 2.45) is 5.73 Å². The summed E-state index contributed by atoms with van der Waals surface area (Å²) in [7, 11) is -3.97. The minimum absolute atomic E-state index is 0.161. The van der Waals surface area contributed by atoms with Gasteiger partial charge in [0.05, 0.1) is 9.37 Å². The van der Waals surface area contributed by atoms with E-state index in [1.54, 1.807) is 6.92 Å². The fourth-order valence-electron chi connectivity index (χ4n) is 2.10. The van der Waals surface area contributed by atoms with E-state index >= 15 is 0 Å². The Hall–Kier alpha value is -1.06. The Kier molecular flexibility index (Phi) is 5.98. The van der Waals surface area contributed by atoms with E-state index in [0.29, 0.717) is 11.1 Å². The van der Waals surface area contributed by atoms with Gasteiger partial charge in [-0.25, -0.2) is 21.9 Å². The maximum Gasteiger partial charge on any atom is 0.240 e. The minimum Gasteiger partial charge on any atom is -0.323 e. The molecule has 24 heavy (non-hydrogen) atoms. The molecule has 0 heterocycles. The summed E-state index contributed by atoms with van der Waals surface area (Å²) in [6.45, 7) is 1.35. The van der Waals surface area contributed by atoms with E-state index < -0.39 is 27.7 Å². The van der Waals surface area contributed by atoms with Crippen molar-refractivity contribution >= 4 is 37.6 Å². The molecule has 0 spiro atoms. The number of aryl methyl sites for hydroxylation is 1. The SMILES string of the molecule is Cc1cc(Br)c(F)cc1S(=O)(=O)NCC(N)c1cc(F)cc(Cl)c1. The number of nitrogens with two attached hydrogens (primary N) is 1. The van der Waals surface area contributed by atoms with E-state index in [2.05, 4.69) is 20.7 Å². The van der Waals surface area contributed by atoms with E-state index in [-0.39, 0.29) is 20.9 Å². The Bertz CT molecular complexity index is 858. The van der Waals surface area contributed by atoms with Crippen LogP contribution in [0, 0.1) is 18.6 Å². The first-order valence-corrected chi connectivity index (χ1v) is 9.42. The number of benzene rings is 2. The van der Waals surface area contributed by atoms with Crippen LogP contribution in [0.2, 0.25) is 5.02 Å². The summed E-state index contributed by atoms with van der Waals surface area (Å²) >= 11 is 8.75. The van der Waals surface area contributed by atoms with Crippen molar-refractivity contribution < 1.29 is 17.2 Å². The van der Waals surface area contributed by atoms with Gasteiger partial charge in [0.1, 0.15) is 11.6 Å². The molecule has 3 N–H and O–H groups in total. The molecule has 2 aromatic carbocycles. The van der Waals surface area contributed by atoms with Gasteiger partial charge in [-0.1, -0.05) is 11.6 Å². The first kappa shape index (κ1) is 19.3.